The number of rotatable bonds is 4. The SMILES string of the molecule is [CH]1[CH][CH][C](c2cc(-c3cccc(-c4cc([C]5[CH][CH][CH][CH]5)on4)c3)no2)[CH]1. The fraction of sp³-hybridized carbons (Fsp3) is 0. The van der Waals surface area contributed by atoms with E-state index < -0.39 is 0 Å². The predicted octanol–water partition coefficient (Wildman–Crippen LogP) is 4.50. The minimum absolute atomic E-state index is 0.760. The molecule has 2 heterocycles. The number of hydrogen-bond acceptors (Lipinski definition) is 4. The van der Waals surface area contributed by atoms with Crippen LogP contribution in [0.25, 0.3) is 22.5 Å². The molecule has 0 atom stereocenters. The number of hydrogen-bond donors (Lipinski definition) is 0. The van der Waals surface area contributed by atoms with Crippen molar-refractivity contribution in [3.05, 3.63) is 111 Å². The van der Waals surface area contributed by atoms with Gasteiger partial charge in [0.15, 0.2) is 0 Å². The minimum atomic E-state index is 0.760. The lowest BCUT2D eigenvalue weighted by Crippen LogP contribution is -1.91. The zero-order valence-corrected chi connectivity index (χ0v) is 13.8. The molecule has 0 aliphatic heterocycles. The molecule has 4 heteroatoms. The van der Waals surface area contributed by atoms with Crippen molar-refractivity contribution in [1.82, 2.24) is 10.3 Å². The van der Waals surface area contributed by atoms with Gasteiger partial charge in [0.25, 0.3) is 0 Å². The average Bonchev–Trinajstić information content (AvgIpc) is 3.49. The van der Waals surface area contributed by atoms with Crippen LogP contribution in [0.15, 0.2) is 45.4 Å². The van der Waals surface area contributed by atoms with E-state index in [1.807, 2.05) is 87.8 Å². The van der Waals surface area contributed by atoms with Gasteiger partial charge in [0.2, 0.25) is 0 Å². The smallest absolute Gasteiger partial charge is 0.145 e. The summed E-state index contributed by atoms with van der Waals surface area (Å²) >= 11 is 0. The Bertz CT molecular complexity index is 813. The van der Waals surface area contributed by atoms with Gasteiger partial charge in [-0.1, -0.05) is 28.5 Å². The average molecular weight is 338 g/mol. The molecule has 124 valence electrons. The van der Waals surface area contributed by atoms with E-state index in [0.29, 0.717) is 0 Å². The Morgan fingerprint density at radius 3 is 1.50 bits per heavy atom. The predicted molar refractivity (Wildman–Crippen MR) is 96.5 cm³/mol. The summed E-state index contributed by atoms with van der Waals surface area (Å²) < 4.78 is 11.0. The van der Waals surface area contributed by atoms with E-state index in [2.05, 4.69) is 10.3 Å². The van der Waals surface area contributed by atoms with Crippen LogP contribution in [0, 0.1) is 63.2 Å². The molecule has 10 radical (unpaired) electrons. The van der Waals surface area contributed by atoms with E-state index in [9.17, 15) is 0 Å². The second-order valence-corrected chi connectivity index (χ2v) is 6.08. The van der Waals surface area contributed by atoms with Gasteiger partial charge in [-0.25, -0.2) is 0 Å². The molecule has 26 heavy (non-hydrogen) atoms. The van der Waals surface area contributed by atoms with Gasteiger partial charge in [-0.2, -0.15) is 0 Å². The first kappa shape index (κ1) is 15.9. The molecule has 5 rings (SSSR count). The van der Waals surface area contributed by atoms with Gasteiger partial charge >= 0.3 is 0 Å². The van der Waals surface area contributed by atoms with Gasteiger partial charge in [-0.15, -0.1) is 0 Å². The number of aromatic nitrogens is 2. The summed E-state index contributed by atoms with van der Waals surface area (Å²) in [5, 5.41) is 8.41. The van der Waals surface area contributed by atoms with Gasteiger partial charge in [0, 0.05) is 23.3 Å². The van der Waals surface area contributed by atoms with Crippen LogP contribution in [0.5, 0.6) is 0 Å². The van der Waals surface area contributed by atoms with E-state index in [1.54, 1.807) is 0 Å². The van der Waals surface area contributed by atoms with Gasteiger partial charge in [-0.3, -0.25) is 0 Å². The minimum Gasteiger partial charge on any atom is -0.360 e. The summed E-state index contributed by atoms with van der Waals surface area (Å²) in [6.07, 6.45) is 15.9. The molecular formula is C22H14N2O2. The highest BCUT2D eigenvalue weighted by Crippen LogP contribution is 2.35. The Kier molecular flexibility index (Phi) is 4.12. The van der Waals surface area contributed by atoms with Crippen molar-refractivity contribution >= 4 is 0 Å². The molecule has 3 aromatic rings. The monoisotopic (exact) mass is 338 g/mol. The molecule has 0 bridgehead atoms. The summed E-state index contributed by atoms with van der Waals surface area (Å²) in [6, 6.07) is 11.9. The molecule has 0 amide bonds. The standard InChI is InChI=1S/C22H14N2O2/c1-2-7-15(6-1)21-13-19(23-25-21)17-10-5-11-18(12-17)20-14-22(26-24-20)16-8-3-4-9-16/h1-14H. The molecule has 0 saturated heterocycles. The highest BCUT2D eigenvalue weighted by molar-refractivity contribution is 5.70. The van der Waals surface area contributed by atoms with Crippen molar-refractivity contribution in [3.63, 3.8) is 0 Å². The molecule has 0 spiro atoms. The summed E-state index contributed by atoms with van der Waals surface area (Å²) in [6.45, 7) is 0. The molecule has 0 unspecified atom stereocenters. The first-order valence-corrected chi connectivity index (χ1v) is 8.35. The van der Waals surface area contributed by atoms with Crippen LogP contribution in [0.2, 0.25) is 0 Å². The molecule has 2 aliphatic carbocycles. The van der Waals surface area contributed by atoms with E-state index in [4.69, 9.17) is 9.05 Å². The third-order valence-corrected chi connectivity index (χ3v) is 4.37. The Hall–Kier alpha value is -2.36. The molecule has 0 N–H and O–H groups in total. The maximum Gasteiger partial charge on any atom is 0.145 e. The maximum absolute atomic E-state index is 5.48. The maximum atomic E-state index is 5.48. The van der Waals surface area contributed by atoms with Gasteiger partial charge < -0.3 is 9.05 Å². The third kappa shape index (κ3) is 2.98. The zero-order chi connectivity index (χ0) is 17.3. The lowest BCUT2D eigenvalue weighted by atomic mass is 10.0. The highest BCUT2D eigenvalue weighted by atomic mass is 16.5. The second kappa shape index (κ2) is 6.75. The van der Waals surface area contributed by atoms with Crippen molar-refractivity contribution in [2.75, 3.05) is 0 Å². The fourth-order valence-corrected chi connectivity index (χ4v) is 3.01. The van der Waals surface area contributed by atoms with Crippen LogP contribution in [0.4, 0.5) is 0 Å². The molecule has 2 aromatic heterocycles. The largest absolute Gasteiger partial charge is 0.360 e. The van der Waals surface area contributed by atoms with E-state index in [0.717, 1.165) is 45.9 Å². The lowest BCUT2D eigenvalue weighted by molar-refractivity contribution is 0.399. The fourth-order valence-electron chi connectivity index (χ4n) is 3.01. The first-order chi connectivity index (χ1) is 12.9. The van der Waals surface area contributed by atoms with Gasteiger partial charge in [0.1, 0.15) is 22.9 Å². The number of benzene rings is 1. The van der Waals surface area contributed by atoms with Crippen molar-refractivity contribution in [3.8, 4) is 22.5 Å². The van der Waals surface area contributed by atoms with Crippen LogP contribution in [0.3, 0.4) is 0 Å². The first-order valence-electron chi connectivity index (χ1n) is 8.35. The van der Waals surface area contributed by atoms with Crippen molar-refractivity contribution in [2.45, 2.75) is 0 Å². The van der Waals surface area contributed by atoms with E-state index >= 15 is 0 Å². The topological polar surface area (TPSA) is 52.1 Å². The molecular weight excluding hydrogens is 324 g/mol. The number of nitrogens with zero attached hydrogens (tertiary/aromatic N) is 2. The highest BCUT2D eigenvalue weighted by Gasteiger charge is 2.25. The summed E-state index contributed by atoms with van der Waals surface area (Å²) in [5.41, 5.74) is 3.54. The third-order valence-electron chi connectivity index (χ3n) is 4.37. The zero-order valence-electron chi connectivity index (χ0n) is 13.8. The Balaban J connectivity index is 1.40. The summed E-state index contributed by atoms with van der Waals surface area (Å²) in [4.78, 5) is 0. The molecule has 4 nitrogen and oxygen atoms in total. The van der Waals surface area contributed by atoms with Crippen molar-refractivity contribution in [1.29, 1.82) is 0 Å². The summed E-state index contributed by atoms with van der Waals surface area (Å²) in [5.74, 6) is 3.57. The van der Waals surface area contributed by atoms with Crippen molar-refractivity contribution < 1.29 is 9.05 Å². The van der Waals surface area contributed by atoms with Crippen LogP contribution in [0.1, 0.15) is 11.5 Å². The Morgan fingerprint density at radius 2 is 1.04 bits per heavy atom. The van der Waals surface area contributed by atoms with Crippen LogP contribution < -0.4 is 0 Å². The Morgan fingerprint density at radius 1 is 0.577 bits per heavy atom. The van der Waals surface area contributed by atoms with Crippen molar-refractivity contribution in [2.24, 2.45) is 0 Å². The normalized spacial score (nSPS) is 18.8. The molecule has 2 fully saturated rings. The second-order valence-electron chi connectivity index (χ2n) is 6.08. The van der Waals surface area contributed by atoms with E-state index in [-0.39, 0.29) is 0 Å². The molecule has 2 aliphatic rings. The van der Waals surface area contributed by atoms with Gasteiger partial charge in [-0.05, 0) is 57.4 Å². The van der Waals surface area contributed by atoms with Crippen LogP contribution >= 0.6 is 0 Å². The molecule has 2 saturated carbocycles. The lowest BCUT2D eigenvalue weighted by Gasteiger charge is -2.00. The van der Waals surface area contributed by atoms with Crippen LogP contribution in [-0.2, 0) is 0 Å². The quantitative estimate of drug-likeness (QED) is 0.703. The molecule has 1 aromatic carbocycles. The Labute approximate surface area is 153 Å². The van der Waals surface area contributed by atoms with E-state index in [1.165, 1.54) is 0 Å². The van der Waals surface area contributed by atoms with Crippen LogP contribution in [-0.4, -0.2) is 10.3 Å². The van der Waals surface area contributed by atoms with Gasteiger partial charge in [0.05, 0.1) is 11.8 Å². The summed E-state index contributed by atoms with van der Waals surface area (Å²) in [7, 11) is 0.